The minimum absolute atomic E-state index is 0.249. The van der Waals surface area contributed by atoms with E-state index in [-0.39, 0.29) is 5.54 Å². The molecule has 1 fully saturated rings. The van der Waals surface area contributed by atoms with Gasteiger partial charge in [-0.1, -0.05) is 6.92 Å². The van der Waals surface area contributed by atoms with E-state index in [2.05, 4.69) is 18.3 Å². The van der Waals surface area contributed by atoms with Crippen molar-refractivity contribution in [3.63, 3.8) is 0 Å². The molecule has 0 bridgehead atoms. The van der Waals surface area contributed by atoms with Crippen molar-refractivity contribution < 1.29 is 4.74 Å². The lowest BCUT2D eigenvalue weighted by Crippen LogP contribution is -2.42. The topological polar surface area (TPSA) is 45.0 Å². The monoisotopic (exact) mass is 242 g/mol. The molecule has 1 saturated carbocycles. The molecule has 1 rings (SSSR count). The second kappa shape index (κ2) is 7.16. The maximum absolute atomic E-state index is 9.29. The average Bonchev–Trinajstić information content (AvgIpc) is 2.71. The number of nitriles is 1. The minimum atomic E-state index is -0.249. The van der Waals surface area contributed by atoms with Crippen LogP contribution in [-0.4, -0.2) is 36.8 Å². The van der Waals surface area contributed by atoms with Crippen molar-refractivity contribution in [1.29, 1.82) is 5.26 Å². The molecule has 1 aliphatic rings. The van der Waals surface area contributed by atoms with E-state index in [1.165, 1.54) is 0 Å². The van der Waals surface area contributed by atoms with Gasteiger partial charge in [0.05, 0.1) is 12.7 Å². The summed E-state index contributed by atoms with van der Waals surface area (Å²) in [5.41, 5.74) is -0.249. The van der Waals surface area contributed by atoms with Gasteiger partial charge in [0.15, 0.2) is 0 Å². The maximum Gasteiger partial charge on any atom is 0.107 e. The third-order valence-corrected chi connectivity index (χ3v) is 4.31. The van der Waals surface area contributed by atoms with E-state index >= 15 is 0 Å². The van der Waals surface area contributed by atoms with Crippen LogP contribution in [0.2, 0.25) is 0 Å². The molecule has 2 atom stereocenters. The maximum atomic E-state index is 9.29. The Balaban J connectivity index is 2.33. The Hall–Kier alpha value is -0.240. The van der Waals surface area contributed by atoms with Crippen LogP contribution >= 0.6 is 11.8 Å². The number of ether oxygens (including phenoxy) is 1. The highest BCUT2D eigenvalue weighted by molar-refractivity contribution is 7.99. The van der Waals surface area contributed by atoms with Crippen LogP contribution in [0.15, 0.2) is 0 Å². The largest absolute Gasteiger partial charge is 0.384 e. The Morgan fingerprint density at radius 2 is 2.44 bits per heavy atom. The van der Waals surface area contributed by atoms with Crippen molar-refractivity contribution >= 4 is 11.8 Å². The summed E-state index contributed by atoms with van der Waals surface area (Å²) in [6.45, 7) is 3.89. The second-order valence-electron chi connectivity index (χ2n) is 4.35. The second-order valence-corrected chi connectivity index (χ2v) is 5.76. The summed E-state index contributed by atoms with van der Waals surface area (Å²) in [5, 5.41) is 13.3. The van der Waals surface area contributed by atoms with Crippen LogP contribution in [0, 0.1) is 11.3 Å². The fourth-order valence-electron chi connectivity index (χ4n) is 2.11. The Kier molecular flexibility index (Phi) is 6.18. The molecular weight excluding hydrogens is 220 g/mol. The quantitative estimate of drug-likeness (QED) is 0.695. The van der Waals surface area contributed by atoms with Gasteiger partial charge in [0.1, 0.15) is 5.54 Å². The van der Waals surface area contributed by atoms with Gasteiger partial charge < -0.3 is 4.74 Å². The zero-order valence-corrected chi connectivity index (χ0v) is 11.1. The SMILES string of the molecule is CCCNC1(C#N)CCC(SCCOC)C1. The van der Waals surface area contributed by atoms with Gasteiger partial charge >= 0.3 is 0 Å². The molecule has 1 aliphatic carbocycles. The Bertz CT molecular complexity index is 242. The fraction of sp³-hybridized carbons (Fsp3) is 0.917. The molecule has 0 radical (unpaired) electrons. The van der Waals surface area contributed by atoms with E-state index in [0.717, 1.165) is 44.6 Å². The molecule has 92 valence electrons. The van der Waals surface area contributed by atoms with Crippen LogP contribution in [-0.2, 0) is 4.74 Å². The first-order valence-electron chi connectivity index (χ1n) is 6.03. The summed E-state index contributed by atoms with van der Waals surface area (Å²) < 4.78 is 5.04. The van der Waals surface area contributed by atoms with Crippen LogP contribution in [0.3, 0.4) is 0 Å². The van der Waals surface area contributed by atoms with Crippen molar-refractivity contribution in [2.24, 2.45) is 0 Å². The number of nitrogens with one attached hydrogen (secondary N) is 1. The first-order chi connectivity index (χ1) is 7.76. The molecule has 0 spiro atoms. The number of rotatable bonds is 7. The van der Waals surface area contributed by atoms with Crippen LogP contribution in [0.25, 0.3) is 0 Å². The van der Waals surface area contributed by atoms with Crippen molar-refractivity contribution in [3.8, 4) is 6.07 Å². The highest BCUT2D eigenvalue weighted by Crippen LogP contribution is 2.36. The van der Waals surface area contributed by atoms with Crippen LogP contribution in [0.1, 0.15) is 32.6 Å². The molecule has 0 heterocycles. The lowest BCUT2D eigenvalue weighted by atomic mass is 10.00. The first-order valence-corrected chi connectivity index (χ1v) is 7.08. The third-order valence-electron chi connectivity index (χ3n) is 3.04. The van der Waals surface area contributed by atoms with Gasteiger partial charge in [-0.15, -0.1) is 0 Å². The molecule has 0 aromatic heterocycles. The minimum Gasteiger partial charge on any atom is -0.384 e. The van der Waals surface area contributed by atoms with E-state index in [1.54, 1.807) is 7.11 Å². The fourth-order valence-corrected chi connectivity index (χ4v) is 3.39. The van der Waals surface area contributed by atoms with E-state index < -0.39 is 0 Å². The van der Waals surface area contributed by atoms with Gasteiger partial charge in [-0.25, -0.2) is 0 Å². The molecule has 0 aliphatic heterocycles. The first kappa shape index (κ1) is 13.8. The molecule has 1 N–H and O–H groups in total. The van der Waals surface area contributed by atoms with Gasteiger partial charge in [0, 0.05) is 18.1 Å². The van der Waals surface area contributed by atoms with E-state index in [9.17, 15) is 5.26 Å². The van der Waals surface area contributed by atoms with Crippen molar-refractivity contribution in [2.45, 2.75) is 43.4 Å². The summed E-state index contributed by atoms with van der Waals surface area (Å²) in [7, 11) is 1.73. The molecule has 3 nitrogen and oxygen atoms in total. The number of hydrogen-bond donors (Lipinski definition) is 1. The predicted octanol–water partition coefficient (Wildman–Crippen LogP) is 2.18. The molecule has 16 heavy (non-hydrogen) atoms. The lowest BCUT2D eigenvalue weighted by molar-refractivity contribution is 0.218. The zero-order chi connectivity index (χ0) is 11.9. The number of hydrogen-bond acceptors (Lipinski definition) is 4. The van der Waals surface area contributed by atoms with Gasteiger partial charge in [-0.2, -0.15) is 17.0 Å². The Labute approximate surface area is 103 Å². The molecular formula is C12H22N2OS. The molecule has 0 aromatic carbocycles. The standard InChI is InChI=1S/C12H22N2OS/c1-3-6-14-12(10-13)5-4-11(9-12)16-8-7-15-2/h11,14H,3-9H2,1-2H3. The van der Waals surface area contributed by atoms with Gasteiger partial charge in [0.25, 0.3) is 0 Å². The molecule has 0 amide bonds. The Morgan fingerprint density at radius 3 is 3.06 bits per heavy atom. The van der Waals surface area contributed by atoms with Crippen LogP contribution < -0.4 is 5.32 Å². The lowest BCUT2D eigenvalue weighted by Gasteiger charge is -2.22. The van der Waals surface area contributed by atoms with E-state index in [1.807, 2.05) is 11.8 Å². The highest BCUT2D eigenvalue weighted by atomic mass is 32.2. The third kappa shape index (κ3) is 3.97. The normalized spacial score (nSPS) is 29.2. The average molecular weight is 242 g/mol. The van der Waals surface area contributed by atoms with E-state index in [0.29, 0.717) is 5.25 Å². The van der Waals surface area contributed by atoms with E-state index in [4.69, 9.17) is 4.74 Å². The summed E-state index contributed by atoms with van der Waals surface area (Å²) in [5.74, 6) is 1.04. The van der Waals surface area contributed by atoms with Gasteiger partial charge in [-0.3, -0.25) is 5.32 Å². The van der Waals surface area contributed by atoms with Crippen molar-refractivity contribution in [1.82, 2.24) is 5.32 Å². The molecule has 0 aromatic rings. The molecule has 2 unspecified atom stereocenters. The summed E-state index contributed by atoms with van der Waals surface area (Å²) in [6.07, 6.45) is 4.22. The Morgan fingerprint density at radius 1 is 1.62 bits per heavy atom. The molecule has 4 heteroatoms. The summed E-state index contributed by atoms with van der Waals surface area (Å²) in [6, 6.07) is 2.48. The smallest absolute Gasteiger partial charge is 0.107 e. The van der Waals surface area contributed by atoms with Crippen molar-refractivity contribution in [2.75, 3.05) is 26.0 Å². The van der Waals surface area contributed by atoms with Gasteiger partial charge in [0.2, 0.25) is 0 Å². The van der Waals surface area contributed by atoms with Gasteiger partial charge in [-0.05, 0) is 32.2 Å². The van der Waals surface area contributed by atoms with Crippen LogP contribution in [0.5, 0.6) is 0 Å². The number of nitrogens with zero attached hydrogens (tertiary/aromatic N) is 1. The highest BCUT2D eigenvalue weighted by Gasteiger charge is 2.38. The zero-order valence-electron chi connectivity index (χ0n) is 10.3. The predicted molar refractivity (Wildman–Crippen MR) is 68.6 cm³/mol. The summed E-state index contributed by atoms with van der Waals surface area (Å²) >= 11 is 1.94. The van der Waals surface area contributed by atoms with Crippen LogP contribution in [0.4, 0.5) is 0 Å². The summed E-state index contributed by atoms with van der Waals surface area (Å²) in [4.78, 5) is 0. The number of thioether (sulfide) groups is 1. The van der Waals surface area contributed by atoms with Crippen molar-refractivity contribution in [3.05, 3.63) is 0 Å². The molecule has 0 saturated heterocycles. The number of methoxy groups -OCH3 is 1.